The molecule has 2 N–H and O–H groups in total. The second-order valence-corrected chi connectivity index (χ2v) is 3.31. The van der Waals surface area contributed by atoms with Gasteiger partial charge in [-0.2, -0.15) is 0 Å². The Morgan fingerprint density at radius 3 is 1.82 bits per heavy atom. The first kappa shape index (κ1) is 13.5. The van der Waals surface area contributed by atoms with E-state index in [1.54, 1.807) is 0 Å². The predicted octanol–water partition coefficient (Wildman–Crippen LogP) is 1.98. The number of ether oxygens (including phenoxy) is 3. The van der Waals surface area contributed by atoms with Crippen LogP contribution in [-0.2, 0) is 0 Å². The smallest absolute Gasteiger partial charge is 0.257 e. The molecule has 0 aromatic heterocycles. The molecule has 1 aromatic carbocycles. The molecule has 0 radical (unpaired) electrons. The molecular weight excluding hydrogens is 232 g/mol. The first-order valence-corrected chi connectivity index (χ1v) is 4.88. The highest BCUT2D eigenvalue weighted by atomic mass is 19.3. The minimum atomic E-state index is -2.68. The molecule has 96 valence electrons. The third-order valence-corrected chi connectivity index (χ3v) is 2.37. The number of halogens is 2. The average molecular weight is 247 g/mol. The van der Waals surface area contributed by atoms with Crippen molar-refractivity contribution in [2.75, 3.05) is 21.3 Å². The lowest BCUT2D eigenvalue weighted by molar-refractivity contribution is 0.115. The number of alkyl halides is 2. The molecule has 0 fully saturated rings. The van der Waals surface area contributed by atoms with Crippen LogP contribution in [0.3, 0.4) is 0 Å². The minimum absolute atomic E-state index is 0.181. The van der Waals surface area contributed by atoms with Crippen molar-refractivity contribution in [3.8, 4) is 17.2 Å². The summed E-state index contributed by atoms with van der Waals surface area (Å²) in [6, 6.07) is 1.44. The van der Waals surface area contributed by atoms with Gasteiger partial charge in [0.25, 0.3) is 6.43 Å². The van der Waals surface area contributed by atoms with Gasteiger partial charge in [-0.05, 0) is 6.07 Å². The van der Waals surface area contributed by atoms with Gasteiger partial charge >= 0.3 is 0 Å². The van der Waals surface area contributed by atoms with Crippen LogP contribution in [0, 0.1) is 0 Å². The quantitative estimate of drug-likeness (QED) is 0.864. The van der Waals surface area contributed by atoms with Crippen molar-refractivity contribution in [3.63, 3.8) is 0 Å². The molecule has 0 aliphatic heterocycles. The Balaban J connectivity index is 3.28. The summed E-state index contributed by atoms with van der Waals surface area (Å²) in [5.41, 5.74) is 5.58. The maximum Gasteiger partial charge on any atom is 0.257 e. The molecule has 17 heavy (non-hydrogen) atoms. The third-order valence-electron chi connectivity index (χ3n) is 2.37. The molecule has 1 rings (SSSR count). The van der Waals surface area contributed by atoms with Crippen LogP contribution in [0.15, 0.2) is 12.1 Å². The molecule has 1 atom stereocenters. The van der Waals surface area contributed by atoms with Crippen molar-refractivity contribution >= 4 is 0 Å². The van der Waals surface area contributed by atoms with Gasteiger partial charge in [0.15, 0.2) is 11.5 Å². The molecule has 0 saturated carbocycles. The monoisotopic (exact) mass is 247 g/mol. The number of hydrogen-bond donors (Lipinski definition) is 1. The highest BCUT2D eigenvalue weighted by Crippen LogP contribution is 2.38. The number of benzene rings is 1. The second kappa shape index (κ2) is 5.67. The Hall–Kier alpha value is -1.56. The van der Waals surface area contributed by atoms with Gasteiger partial charge in [-0.3, -0.25) is 0 Å². The maximum absolute atomic E-state index is 12.6. The molecule has 0 aliphatic carbocycles. The molecule has 0 unspecified atom stereocenters. The Bertz CT molecular complexity index is 385. The SMILES string of the molecule is COc1cc(OC)c([C@@H](N)C(F)F)cc1OC. The van der Waals surface area contributed by atoms with E-state index in [-0.39, 0.29) is 11.3 Å². The zero-order valence-corrected chi connectivity index (χ0v) is 9.87. The van der Waals surface area contributed by atoms with Gasteiger partial charge in [-0.1, -0.05) is 0 Å². The largest absolute Gasteiger partial charge is 0.496 e. The number of rotatable bonds is 5. The van der Waals surface area contributed by atoms with Gasteiger partial charge in [0.05, 0.1) is 27.4 Å². The van der Waals surface area contributed by atoms with E-state index in [1.807, 2.05) is 0 Å². The van der Waals surface area contributed by atoms with Crippen LogP contribution in [0.25, 0.3) is 0 Å². The molecule has 4 nitrogen and oxygen atoms in total. The number of methoxy groups -OCH3 is 3. The third kappa shape index (κ3) is 2.76. The Morgan fingerprint density at radius 2 is 1.41 bits per heavy atom. The fourth-order valence-corrected chi connectivity index (χ4v) is 1.45. The highest BCUT2D eigenvalue weighted by molar-refractivity contribution is 5.51. The van der Waals surface area contributed by atoms with Crippen LogP contribution in [-0.4, -0.2) is 27.8 Å². The molecule has 6 heteroatoms. The summed E-state index contributed by atoms with van der Waals surface area (Å²) >= 11 is 0. The van der Waals surface area contributed by atoms with E-state index in [9.17, 15) is 8.78 Å². The van der Waals surface area contributed by atoms with Crippen LogP contribution in [0.5, 0.6) is 17.2 Å². The van der Waals surface area contributed by atoms with Crippen LogP contribution < -0.4 is 19.9 Å². The van der Waals surface area contributed by atoms with E-state index >= 15 is 0 Å². The minimum Gasteiger partial charge on any atom is -0.496 e. The predicted molar refractivity (Wildman–Crippen MR) is 59.0 cm³/mol. The van der Waals surface area contributed by atoms with Gasteiger partial charge < -0.3 is 19.9 Å². The standard InChI is InChI=1S/C11H15F2NO3/c1-15-7-5-9(17-3)8(16-2)4-6(7)10(14)11(12)13/h4-5,10-11H,14H2,1-3H3/t10-/m1/s1. The summed E-state index contributed by atoms with van der Waals surface area (Å²) in [5, 5.41) is 0. The molecule has 0 aliphatic rings. The molecule has 1 aromatic rings. The molecule has 0 bridgehead atoms. The Labute approximate surface area is 98.3 Å². The van der Waals surface area contributed by atoms with Crippen LogP contribution in [0.2, 0.25) is 0 Å². The lowest BCUT2D eigenvalue weighted by Crippen LogP contribution is -2.19. The normalized spacial score (nSPS) is 12.4. The summed E-state index contributed by atoms with van der Waals surface area (Å²) in [6.07, 6.45) is -2.68. The fourth-order valence-electron chi connectivity index (χ4n) is 1.45. The Kier molecular flexibility index (Phi) is 4.51. The van der Waals surface area contributed by atoms with Gasteiger partial charge in [0.2, 0.25) is 0 Å². The lowest BCUT2D eigenvalue weighted by atomic mass is 10.1. The van der Waals surface area contributed by atoms with Gasteiger partial charge in [-0.15, -0.1) is 0 Å². The zero-order valence-electron chi connectivity index (χ0n) is 9.87. The van der Waals surface area contributed by atoms with E-state index in [1.165, 1.54) is 33.5 Å². The first-order chi connectivity index (χ1) is 8.04. The van der Waals surface area contributed by atoms with E-state index < -0.39 is 12.5 Å². The second-order valence-electron chi connectivity index (χ2n) is 3.31. The number of hydrogen-bond acceptors (Lipinski definition) is 4. The molecular formula is C11H15F2NO3. The number of nitrogens with two attached hydrogens (primary N) is 1. The highest BCUT2D eigenvalue weighted by Gasteiger charge is 2.23. The fraction of sp³-hybridized carbons (Fsp3) is 0.455. The van der Waals surface area contributed by atoms with Crippen LogP contribution in [0.1, 0.15) is 11.6 Å². The first-order valence-electron chi connectivity index (χ1n) is 4.88. The van der Waals surface area contributed by atoms with E-state index in [0.29, 0.717) is 11.5 Å². The van der Waals surface area contributed by atoms with Crippen molar-refractivity contribution in [3.05, 3.63) is 17.7 Å². The van der Waals surface area contributed by atoms with E-state index in [2.05, 4.69) is 0 Å². The topological polar surface area (TPSA) is 53.7 Å². The summed E-state index contributed by atoms with van der Waals surface area (Å²) in [5.74, 6) is 0.976. The van der Waals surface area contributed by atoms with Gasteiger partial charge in [0, 0.05) is 11.6 Å². The van der Waals surface area contributed by atoms with Crippen molar-refractivity contribution in [2.24, 2.45) is 5.73 Å². The average Bonchev–Trinajstić information content (AvgIpc) is 2.35. The summed E-state index contributed by atoms with van der Waals surface area (Å²) in [7, 11) is 4.24. The molecule has 0 amide bonds. The van der Waals surface area contributed by atoms with Crippen molar-refractivity contribution in [1.82, 2.24) is 0 Å². The van der Waals surface area contributed by atoms with E-state index in [4.69, 9.17) is 19.9 Å². The van der Waals surface area contributed by atoms with Crippen molar-refractivity contribution in [1.29, 1.82) is 0 Å². The molecule has 0 saturated heterocycles. The van der Waals surface area contributed by atoms with Crippen LogP contribution >= 0.6 is 0 Å². The summed E-state index contributed by atoms with van der Waals surface area (Å²) < 4.78 is 40.3. The Morgan fingerprint density at radius 1 is 0.941 bits per heavy atom. The molecule has 0 spiro atoms. The van der Waals surface area contributed by atoms with E-state index in [0.717, 1.165) is 0 Å². The van der Waals surface area contributed by atoms with Gasteiger partial charge in [0.1, 0.15) is 5.75 Å². The lowest BCUT2D eigenvalue weighted by Gasteiger charge is -2.17. The van der Waals surface area contributed by atoms with Crippen molar-refractivity contribution in [2.45, 2.75) is 12.5 Å². The summed E-state index contributed by atoms with van der Waals surface area (Å²) in [6.45, 7) is 0. The van der Waals surface area contributed by atoms with Crippen LogP contribution in [0.4, 0.5) is 8.78 Å². The zero-order chi connectivity index (χ0) is 13.0. The maximum atomic E-state index is 12.6. The molecule has 0 heterocycles. The van der Waals surface area contributed by atoms with Gasteiger partial charge in [-0.25, -0.2) is 8.78 Å². The summed E-state index contributed by atoms with van der Waals surface area (Å²) in [4.78, 5) is 0. The van der Waals surface area contributed by atoms with Crippen molar-refractivity contribution < 1.29 is 23.0 Å².